The van der Waals surface area contributed by atoms with Crippen molar-refractivity contribution in [2.45, 2.75) is 50.1 Å². The summed E-state index contributed by atoms with van der Waals surface area (Å²) < 4.78 is 17.3. The summed E-state index contributed by atoms with van der Waals surface area (Å²) in [4.78, 5) is 27.4. The average molecular weight is 472 g/mol. The molecule has 2 saturated carbocycles. The maximum absolute atomic E-state index is 13.8. The number of rotatable bonds is 6. The van der Waals surface area contributed by atoms with Crippen LogP contribution in [0.2, 0.25) is 0 Å². The molecule has 1 aromatic carbocycles. The number of hydrogen-bond donors (Lipinski definition) is 2. The summed E-state index contributed by atoms with van der Waals surface area (Å²) in [6.07, 6.45) is 6.05. The quantitative estimate of drug-likeness (QED) is 0.446. The minimum absolute atomic E-state index is 0.115. The molecule has 0 amide bonds. The molecule has 2 fully saturated rings. The maximum atomic E-state index is 13.8. The van der Waals surface area contributed by atoms with Gasteiger partial charge in [-0.25, -0.2) is 19.3 Å². The van der Waals surface area contributed by atoms with Crippen molar-refractivity contribution in [1.29, 1.82) is 0 Å². The predicted molar refractivity (Wildman–Crippen MR) is 131 cm³/mol. The molecule has 0 atom stereocenters. The van der Waals surface area contributed by atoms with E-state index in [1.807, 2.05) is 24.3 Å². The van der Waals surface area contributed by atoms with Crippen LogP contribution in [0.15, 0.2) is 47.4 Å². The minimum Gasteiger partial charge on any atom is -0.324 e. The van der Waals surface area contributed by atoms with Gasteiger partial charge in [0.15, 0.2) is 11.5 Å². The monoisotopic (exact) mass is 471 g/mol. The first-order valence-corrected chi connectivity index (χ1v) is 12.3. The molecular formula is C26H26FN7O. The molecule has 7 rings (SSSR count). The van der Waals surface area contributed by atoms with Crippen LogP contribution in [-0.2, 0) is 18.4 Å². The molecule has 4 aromatic rings. The Bertz CT molecular complexity index is 1520. The van der Waals surface area contributed by atoms with E-state index in [4.69, 9.17) is 9.97 Å². The van der Waals surface area contributed by atoms with Crippen molar-refractivity contribution in [2.24, 2.45) is 0 Å². The second-order valence-electron chi connectivity index (χ2n) is 9.95. The van der Waals surface area contributed by atoms with E-state index in [1.165, 1.54) is 11.1 Å². The van der Waals surface area contributed by atoms with Gasteiger partial charge >= 0.3 is 0 Å². The first-order chi connectivity index (χ1) is 17.1. The molecule has 0 saturated heterocycles. The van der Waals surface area contributed by atoms with E-state index >= 15 is 0 Å². The average Bonchev–Trinajstić information content (AvgIpc) is 3.82. The van der Waals surface area contributed by atoms with E-state index in [0.29, 0.717) is 22.8 Å². The van der Waals surface area contributed by atoms with Gasteiger partial charge in [0, 0.05) is 23.8 Å². The van der Waals surface area contributed by atoms with Crippen LogP contribution in [0.25, 0.3) is 16.9 Å². The molecule has 0 radical (unpaired) electrons. The van der Waals surface area contributed by atoms with Gasteiger partial charge in [-0.05, 0) is 74.0 Å². The van der Waals surface area contributed by atoms with Crippen molar-refractivity contribution in [3.63, 3.8) is 0 Å². The van der Waals surface area contributed by atoms with Crippen molar-refractivity contribution >= 4 is 22.7 Å². The van der Waals surface area contributed by atoms with Crippen LogP contribution in [0.4, 0.5) is 16.0 Å². The zero-order valence-corrected chi connectivity index (χ0v) is 19.3. The molecule has 3 aliphatic rings. The fraction of sp³-hybridized carbons (Fsp3) is 0.385. The second-order valence-corrected chi connectivity index (χ2v) is 9.95. The van der Waals surface area contributed by atoms with Gasteiger partial charge in [-0.3, -0.25) is 9.18 Å². The van der Waals surface area contributed by atoms with Crippen LogP contribution in [0.3, 0.4) is 0 Å². The summed E-state index contributed by atoms with van der Waals surface area (Å²) in [5.41, 5.74) is 4.19. The Morgan fingerprint density at radius 3 is 2.83 bits per heavy atom. The van der Waals surface area contributed by atoms with E-state index in [-0.39, 0.29) is 11.6 Å². The van der Waals surface area contributed by atoms with Gasteiger partial charge in [-0.2, -0.15) is 4.98 Å². The molecule has 4 heterocycles. The molecule has 2 N–H and O–H groups in total. The van der Waals surface area contributed by atoms with Crippen LogP contribution >= 0.6 is 0 Å². The topological polar surface area (TPSA) is 89.7 Å². The number of anilines is 2. The Labute approximate surface area is 201 Å². The summed E-state index contributed by atoms with van der Waals surface area (Å²) >= 11 is 0. The molecule has 8 nitrogen and oxygen atoms in total. The van der Waals surface area contributed by atoms with Gasteiger partial charge in [0.2, 0.25) is 5.95 Å². The largest absolute Gasteiger partial charge is 0.324 e. The molecule has 0 unspecified atom stereocenters. The molecule has 178 valence electrons. The number of pyridine rings is 1. The van der Waals surface area contributed by atoms with Crippen molar-refractivity contribution in [3.05, 3.63) is 69.8 Å². The molecule has 2 aliphatic carbocycles. The lowest BCUT2D eigenvalue weighted by Crippen LogP contribution is -2.23. The Morgan fingerprint density at radius 2 is 2.03 bits per heavy atom. The number of halogens is 1. The van der Waals surface area contributed by atoms with Gasteiger partial charge < -0.3 is 10.6 Å². The number of fused-ring (bicyclic) bond motifs is 2. The van der Waals surface area contributed by atoms with Gasteiger partial charge in [-0.1, -0.05) is 12.1 Å². The highest BCUT2D eigenvalue weighted by molar-refractivity contribution is 5.77. The molecule has 35 heavy (non-hydrogen) atoms. The lowest BCUT2D eigenvalue weighted by Gasteiger charge is -2.18. The van der Waals surface area contributed by atoms with E-state index in [1.54, 1.807) is 15.6 Å². The zero-order valence-electron chi connectivity index (χ0n) is 19.3. The highest BCUT2D eigenvalue weighted by atomic mass is 19.1. The summed E-state index contributed by atoms with van der Waals surface area (Å²) in [6.45, 7) is 1.43. The normalized spacial score (nSPS) is 18.4. The second kappa shape index (κ2) is 7.71. The number of nitrogens with zero attached hydrogens (tertiary/aromatic N) is 5. The van der Waals surface area contributed by atoms with Crippen LogP contribution in [0.1, 0.15) is 48.5 Å². The third-order valence-corrected chi connectivity index (χ3v) is 7.47. The Hall–Kier alpha value is -3.59. The number of alkyl halides is 1. The van der Waals surface area contributed by atoms with E-state index in [0.717, 1.165) is 56.6 Å². The van der Waals surface area contributed by atoms with Crippen molar-refractivity contribution in [2.75, 3.05) is 18.5 Å². The smallest absolute Gasteiger partial charge is 0.278 e. The van der Waals surface area contributed by atoms with Crippen LogP contribution in [0, 0.1) is 0 Å². The van der Waals surface area contributed by atoms with Crippen molar-refractivity contribution in [1.82, 2.24) is 29.6 Å². The first-order valence-electron chi connectivity index (χ1n) is 12.3. The number of aromatic nitrogens is 5. The van der Waals surface area contributed by atoms with E-state index < -0.39 is 12.1 Å². The lowest BCUT2D eigenvalue weighted by atomic mass is 10.0. The molecule has 9 heteroatoms. The van der Waals surface area contributed by atoms with Gasteiger partial charge in [0.25, 0.3) is 5.56 Å². The standard InChI is InChI=1S/C26H26FN7O/c27-15-26(9-10-26)21-2-1-3-22(31-21)34-23-20(24(35)33(34)19-6-7-19)14-29-25(32-23)30-18-5-4-17-13-28-11-8-16(17)12-18/h1-5,12,14,19,28H,6-11,13,15H2,(H,29,30,32). The summed E-state index contributed by atoms with van der Waals surface area (Å²) in [5.74, 6) is 1.01. The number of hydrogen-bond acceptors (Lipinski definition) is 6. The lowest BCUT2D eigenvalue weighted by molar-refractivity contribution is 0.411. The summed E-state index contributed by atoms with van der Waals surface area (Å²) in [6, 6.07) is 12.0. The first kappa shape index (κ1) is 20.8. The molecule has 1 aliphatic heterocycles. The highest BCUT2D eigenvalue weighted by Gasteiger charge is 2.46. The third-order valence-electron chi connectivity index (χ3n) is 7.47. The van der Waals surface area contributed by atoms with Gasteiger partial charge in [0.05, 0.1) is 11.7 Å². The zero-order chi connectivity index (χ0) is 23.6. The SMILES string of the molecule is O=c1c2cnc(Nc3ccc4c(c3)CCNC4)nc2n(-c2cccc(C3(CF)CC3)n2)n1C1CC1. The Morgan fingerprint density at radius 1 is 1.14 bits per heavy atom. The maximum Gasteiger partial charge on any atom is 0.278 e. The fourth-order valence-corrected chi connectivity index (χ4v) is 5.06. The van der Waals surface area contributed by atoms with Crippen molar-refractivity contribution in [3.8, 4) is 5.82 Å². The third kappa shape index (κ3) is 3.44. The Kier molecular flexibility index (Phi) is 4.57. The predicted octanol–water partition coefficient (Wildman–Crippen LogP) is 3.70. The van der Waals surface area contributed by atoms with Gasteiger partial charge in [0.1, 0.15) is 12.1 Å². The van der Waals surface area contributed by atoms with Crippen LogP contribution < -0.4 is 16.2 Å². The fourth-order valence-electron chi connectivity index (χ4n) is 5.06. The number of benzene rings is 1. The van der Waals surface area contributed by atoms with Gasteiger partial charge in [-0.15, -0.1) is 0 Å². The highest BCUT2D eigenvalue weighted by Crippen LogP contribution is 2.47. The molecule has 3 aromatic heterocycles. The van der Waals surface area contributed by atoms with Crippen molar-refractivity contribution < 1.29 is 4.39 Å². The van der Waals surface area contributed by atoms with E-state index in [9.17, 15) is 9.18 Å². The minimum atomic E-state index is -0.479. The summed E-state index contributed by atoms with van der Waals surface area (Å²) in [5, 5.41) is 7.16. The van der Waals surface area contributed by atoms with Crippen LogP contribution in [-0.4, -0.2) is 37.5 Å². The Balaban J connectivity index is 1.33. The van der Waals surface area contributed by atoms with Crippen LogP contribution in [0.5, 0.6) is 0 Å². The summed E-state index contributed by atoms with van der Waals surface area (Å²) in [7, 11) is 0. The number of nitrogens with one attached hydrogen (secondary N) is 2. The molecule has 0 bridgehead atoms. The molecular weight excluding hydrogens is 445 g/mol. The van der Waals surface area contributed by atoms with E-state index in [2.05, 4.69) is 27.8 Å². The molecule has 0 spiro atoms.